The first-order chi connectivity index (χ1) is 14.4. The molecule has 4 heteroatoms. The molecule has 0 unspecified atom stereocenters. The van der Waals surface area contributed by atoms with E-state index in [0.717, 1.165) is 37.8 Å². The number of hydrogen-bond acceptors (Lipinski definition) is 3. The van der Waals surface area contributed by atoms with Crippen LogP contribution >= 0.6 is 0 Å². The van der Waals surface area contributed by atoms with E-state index in [9.17, 15) is 4.79 Å². The van der Waals surface area contributed by atoms with Crippen molar-refractivity contribution < 1.29 is 9.53 Å². The Balaban J connectivity index is 1.90. The Morgan fingerprint density at radius 3 is 2.57 bits per heavy atom. The van der Waals surface area contributed by atoms with Crippen LogP contribution in [0.1, 0.15) is 58.9 Å². The average Bonchev–Trinajstić information content (AvgIpc) is 3.06. The first-order valence-electron chi connectivity index (χ1n) is 11.0. The van der Waals surface area contributed by atoms with Crippen molar-refractivity contribution in [3.63, 3.8) is 0 Å². The van der Waals surface area contributed by atoms with E-state index in [4.69, 9.17) is 9.84 Å². The minimum absolute atomic E-state index is 0.0665. The number of benzene rings is 1. The van der Waals surface area contributed by atoms with Crippen molar-refractivity contribution in [2.24, 2.45) is 11.0 Å². The highest BCUT2D eigenvalue weighted by atomic mass is 16.6. The van der Waals surface area contributed by atoms with Crippen molar-refractivity contribution in [1.29, 1.82) is 0 Å². The van der Waals surface area contributed by atoms with Gasteiger partial charge in [0.15, 0.2) is 0 Å². The number of allylic oxidation sites excluding steroid dienone is 6. The number of hydrogen-bond donors (Lipinski definition) is 0. The number of nitrogens with zero attached hydrogens (tertiary/aromatic N) is 2. The number of carbonyl (C=O) groups excluding carboxylic acids is 1. The molecule has 1 amide bonds. The second-order valence-electron chi connectivity index (χ2n) is 8.76. The van der Waals surface area contributed by atoms with Crippen LogP contribution in [0.15, 0.2) is 70.4 Å². The van der Waals surface area contributed by atoms with Crippen LogP contribution in [0.5, 0.6) is 0 Å². The number of amides is 1. The molecule has 2 aliphatic rings. The largest absolute Gasteiger partial charge is 0.446 e. The molecule has 1 aromatic carbocycles. The van der Waals surface area contributed by atoms with Crippen LogP contribution in [0.2, 0.25) is 0 Å². The van der Waals surface area contributed by atoms with Gasteiger partial charge in [-0.2, -0.15) is 10.1 Å². The van der Waals surface area contributed by atoms with Crippen LogP contribution in [0.3, 0.4) is 0 Å². The van der Waals surface area contributed by atoms with Crippen molar-refractivity contribution in [3.05, 3.63) is 70.8 Å². The third-order valence-corrected chi connectivity index (χ3v) is 5.62. The maximum atomic E-state index is 12.5. The van der Waals surface area contributed by atoms with Gasteiger partial charge in [-0.15, -0.1) is 0 Å². The summed E-state index contributed by atoms with van der Waals surface area (Å²) in [7, 11) is 0. The first-order valence-corrected chi connectivity index (χ1v) is 11.0. The summed E-state index contributed by atoms with van der Waals surface area (Å²) in [6, 6.07) is 10.2. The Kier molecular flexibility index (Phi) is 7.67. The molecular formula is C26H34N2O2. The van der Waals surface area contributed by atoms with E-state index in [2.05, 4.69) is 58.1 Å². The van der Waals surface area contributed by atoms with Crippen molar-refractivity contribution in [2.45, 2.75) is 65.8 Å². The summed E-state index contributed by atoms with van der Waals surface area (Å²) in [5, 5.41) is 6.56. The summed E-state index contributed by atoms with van der Waals surface area (Å²) < 4.78 is 5.40. The Labute approximate surface area is 181 Å². The minimum Gasteiger partial charge on any atom is -0.446 e. The van der Waals surface area contributed by atoms with Crippen molar-refractivity contribution >= 4 is 11.8 Å². The van der Waals surface area contributed by atoms with Gasteiger partial charge in [-0.1, -0.05) is 59.7 Å². The molecule has 4 nitrogen and oxygen atoms in total. The van der Waals surface area contributed by atoms with E-state index in [0.29, 0.717) is 12.5 Å². The number of carbonyl (C=O) groups is 1. The quantitative estimate of drug-likeness (QED) is 0.488. The second-order valence-corrected chi connectivity index (χ2v) is 8.76. The van der Waals surface area contributed by atoms with Gasteiger partial charge in [0.1, 0.15) is 6.61 Å². The smallest absolute Gasteiger partial charge is 0.430 e. The molecule has 0 spiro atoms. The molecule has 0 radical (unpaired) electrons. The van der Waals surface area contributed by atoms with E-state index in [-0.39, 0.29) is 12.1 Å². The lowest BCUT2D eigenvalue weighted by Gasteiger charge is -2.27. The molecule has 1 aliphatic heterocycles. The Bertz CT molecular complexity index is 856. The third-order valence-electron chi connectivity index (χ3n) is 5.62. The molecule has 1 fully saturated rings. The molecule has 1 saturated heterocycles. The number of hydrazone groups is 1. The zero-order chi connectivity index (χ0) is 21.5. The van der Waals surface area contributed by atoms with Gasteiger partial charge in [-0.05, 0) is 70.9 Å². The van der Waals surface area contributed by atoms with Gasteiger partial charge in [0, 0.05) is 5.92 Å². The molecule has 0 saturated carbocycles. The van der Waals surface area contributed by atoms with Crippen LogP contribution in [-0.2, 0) is 11.2 Å². The van der Waals surface area contributed by atoms with Crippen molar-refractivity contribution in [2.75, 3.05) is 6.61 Å². The van der Waals surface area contributed by atoms with Crippen LogP contribution in [-0.4, -0.2) is 29.5 Å². The van der Waals surface area contributed by atoms with Gasteiger partial charge in [0.05, 0.1) is 11.8 Å². The zero-order valence-corrected chi connectivity index (χ0v) is 18.7. The molecule has 0 aromatic heterocycles. The lowest BCUT2D eigenvalue weighted by Crippen LogP contribution is -2.34. The minimum atomic E-state index is -0.337. The molecule has 1 aromatic rings. The molecule has 160 valence electrons. The number of rotatable bonds is 7. The molecular weight excluding hydrogens is 372 g/mol. The van der Waals surface area contributed by atoms with Crippen molar-refractivity contribution in [3.8, 4) is 0 Å². The highest BCUT2D eigenvalue weighted by Gasteiger charge is 2.35. The molecule has 3 rings (SSSR count). The van der Waals surface area contributed by atoms with E-state index >= 15 is 0 Å². The van der Waals surface area contributed by atoms with Crippen LogP contribution in [0.25, 0.3) is 0 Å². The Morgan fingerprint density at radius 1 is 1.13 bits per heavy atom. The lowest BCUT2D eigenvalue weighted by atomic mass is 9.82. The highest BCUT2D eigenvalue weighted by Crippen LogP contribution is 2.30. The van der Waals surface area contributed by atoms with Crippen LogP contribution in [0.4, 0.5) is 4.79 Å². The highest BCUT2D eigenvalue weighted by molar-refractivity contribution is 6.03. The van der Waals surface area contributed by atoms with E-state index < -0.39 is 0 Å². The summed E-state index contributed by atoms with van der Waals surface area (Å²) >= 11 is 0. The fourth-order valence-electron chi connectivity index (χ4n) is 3.94. The average molecular weight is 407 g/mol. The van der Waals surface area contributed by atoms with Crippen LogP contribution < -0.4 is 0 Å². The molecule has 30 heavy (non-hydrogen) atoms. The number of cyclic esters (lactones) is 1. The lowest BCUT2D eigenvalue weighted by molar-refractivity contribution is 0.158. The normalized spacial score (nSPS) is 22.5. The Hall–Kier alpha value is -2.62. The molecule has 1 heterocycles. The monoisotopic (exact) mass is 406 g/mol. The summed E-state index contributed by atoms with van der Waals surface area (Å²) in [5.41, 5.74) is 6.10. The van der Waals surface area contributed by atoms with Gasteiger partial charge in [0.25, 0.3) is 0 Å². The summed E-state index contributed by atoms with van der Waals surface area (Å²) in [6.07, 6.45) is 11.2. The predicted octanol–water partition coefficient (Wildman–Crippen LogP) is 6.45. The first kappa shape index (κ1) is 22.1. The number of ether oxygens (including phenoxy) is 1. The topological polar surface area (TPSA) is 41.9 Å². The van der Waals surface area contributed by atoms with Crippen LogP contribution in [0, 0.1) is 5.92 Å². The fourth-order valence-corrected chi connectivity index (χ4v) is 3.94. The summed E-state index contributed by atoms with van der Waals surface area (Å²) in [5.74, 6) is 0.330. The van der Waals surface area contributed by atoms with Gasteiger partial charge in [-0.25, -0.2) is 4.79 Å². The van der Waals surface area contributed by atoms with Gasteiger partial charge in [-0.3, -0.25) is 0 Å². The maximum absolute atomic E-state index is 12.5. The van der Waals surface area contributed by atoms with Gasteiger partial charge < -0.3 is 4.74 Å². The Morgan fingerprint density at radius 2 is 1.87 bits per heavy atom. The summed E-state index contributed by atoms with van der Waals surface area (Å²) in [6.45, 7) is 8.89. The van der Waals surface area contributed by atoms with Gasteiger partial charge in [0.2, 0.25) is 0 Å². The third kappa shape index (κ3) is 5.94. The van der Waals surface area contributed by atoms with E-state index in [1.54, 1.807) is 5.01 Å². The maximum Gasteiger partial charge on any atom is 0.430 e. The molecule has 2 atom stereocenters. The molecule has 0 bridgehead atoms. The summed E-state index contributed by atoms with van der Waals surface area (Å²) in [4.78, 5) is 12.5. The molecule has 1 aliphatic carbocycles. The van der Waals surface area contributed by atoms with Crippen molar-refractivity contribution in [1.82, 2.24) is 5.01 Å². The van der Waals surface area contributed by atoms with Gasteiger partial charge >= 0.3 is 6.09 Å². The predicted molar refractivity (Wildman–Crippen MR) is 123 cm³/mol. The molecule has 0 N–H and O–H groups in total. The second kappa shape index (κ2) is 10.4. The standard InChI is InChI=1S/C26H34N2O2/c1-19(2)13-15-22-11-8-12-23(16-14-20(3)4)25(22)27-28-24(18-30-26(28)29)17-21-9-6-5-7-10-21/h5-7,9-11,13-14,23-24H,8,12,15-18H2,1-4H3/b27-25-/t23-,24+/m0/s1. The van der Waals surface area contributed by atoms with E-state index in [1.807, 2.05) is 18.2 Å². The SMILES string of the molecule is CC(C)=CCC1=CCC[C@@H](CC=C(C)C)/C1=N\N1C(=O)OC[C@H]1Cc1ccccc1. The fraction of sp³-hybridized carbons (Fsp3) is 0.462. The zero-order valence-electron chi connectivity index (χ0n) is 18.7. The van der Waals surface area contributed by atoms with E-state index in [1.165, 1.54) is 22.3 Å².